The zero-order chi connectivity index (χ0) is 18.9. The molecule has 3 N–H and O–H groups in total. The molecule has 9 heteroatoms. The first-order valence-corrected chi connectivity index (χ1v) is 7.67. The molecule has 0 aromatic heterocycles. The number of carboxylic acids is 1. The number of amides is 2. The molecule has 0 spiro atoms. The van der Waals surface area contributed by atoms with Gasteiger partial charge in [-0.15, -0.1) is 0 Å². The minimum atomic E-state index is -1.08. The number of hydrazone groups is 1. The lowest BCUT2D eigenvalue weighted by molar-refractivity contribution is -0.139. The number of anilines is 1. The second kappa shape index (κ2) is 9.19. The van der Waals surface area contributed by atoms with Gasteiger partial charge in [-0.1, -0.05) is 23.7 Å². The lowest BCUT2D eigenvalue weighted by Gasteiger charge is -2.05. The van der Waals surface area contributed by atoms with E-state index in [0.29, 0.717) is 22.0 Å². The fourth-order valence-electron chi connectivity index (χ4n) is 1.75. The van der Waals surface area contributed by atoms with E-state index in [4.69, 9.17) is 21.4 Å². The largest absolute Gasteiger partial charge is 0.482 e. The van der Waals surface area contributed by atoms with Gasteiger partial charge in [0.15, 0.2) is 6.61 Å². The fourth-order valence-corrected chi connectivity index (χ4v) is 1.94. The molecule has 8 nitrogen and oxygen atoms in total. The van der Waals surface area contributed by atoms with Crippen molar-refractivity contribution in [1.82, 2.24) is 5.43 Å². The van der Waals surface area contributed by atoms with E-state index in [1.165, 1.54) is 6.21 Å². The SMILES string of the molecule is O=C(O)COc1ccc(/C=N/NC(=O)C(=O)Nc2ccccc2Cl)cc1. The van der Waals surface area contributed by atoms with Gasteiger partial charge in [-0.25, -0.2) is 10.2 Å². The van der Waals surface area contributed by atoms with E-state index in [1.54, 1.807) is 48.5 Å². The highest BCUT2D eigenvalue weighted by molar-refractivity contribution is 6.41. The number of carbonyl (C=O) groups excluding carboxylic acids is 2. The summed E-state index contributed by atoms with van der Waals surface area (Å²) in [6.07, 6.45) is 1.32. The van der Waals surface area contributed by atoms with Crippen molar-refractivity contribution in [3.63, 3.8) is 0 Å². The molecule has 2 aromatic carbocycles. The Hall–Kier alpha value is -3.39. The van der Waals surface area contributed by atoms with Gasteiger partial charge in [0.25, 0.3) is 0 Å². The summed E-state index contributed by atoms with van der Waals surface area (Å²) in [4.78, 5) is 33.9. The molecule has 2 amide bonds. The molecule has 2 rings (SSSR count). The summed E-state index contributed by atoms with van der Waals surface area (Å²) >= 11 is 5.89. The van der Waals surface area contributed by atoms with Crippen LogP contribution in [0.25, 0.3) is 0 Å². The Labute approximate surface area is 153 Å². The molecule has 0 atom stereocenters. The van der Waals surface area contributed by atoms with Gasteiger partial charge in [0, 0.05) is 0 Å². The Morgan fingerprint density at radius 2 is 1.77 bits per heavy atom. The molecule has 0 saturated carbocycles. The summed E-state index contributed by atoms with van der Waals surface area (Å²) < 4.78 is 4.99. The van der Waals surface area contributed by atoms with Crippen molar-refractivity contribution in [3.8, 4) is 5.75 Å². The average molecular weight is 376 g/mol. The van der Waals surface area contributed by atoms with E-state index < -0.39 is 24.4 Å². The van der Waals surface area contributed by atoms with Gasteiger partial charge in [0.05, 0.1) is 16.9 Å². The Morgan fingerprint density at radius 3 is 2.42 bits per heavy atom. The van der Waals surface area contributed by atoms with Crippen LogP contribution in [-0.2, 0) is 14.4 Å². The summed E-state index contributed by atoms with van der Waals surface area (Å²) in [6.45, 7) is -0.440. The van der Waals surface area contributed by atoms with E-state index in [0.717, 1.165) is 0 Å². The van der Waals surface area contributed by atoms with Crippen LogP contribution in [0.3, 0.4) is 0 Å². The Morgan fingerprint density at radius 1 is 1.08 bits per heavy atom. The smallest absolute Gasteiger partial charge is 0.341 e. The predicted octanol–water partition coefficient (Wildman–Crippen LogP) is 1.89. The zero-order valence-electron chi connectivity index (χ0n) is 13.3. The van der Waals surface area contributed by atoms with Gasteiger partial charge < -0.3 is 15.2 Å². The number of nitrogens with zero attached hydrogens (tertiary/aromatic N) is 1. The molecule has 0 bridgehead atoms. The average Bonchev–Trinajstić information content (AvgIpc) is 2.62. The number of benzene rings is 2. The molecule has 134 valence electrons. The number of hydrogen-bond donors (Lipinski definition) is 3. The van der Waals surface area contributed by atoms with Gasteiger partial charge in [-0.3, -0.25) is 9.59 Å². The molecule has 0 aliphatic heterocycles. The molecule has 0 fully saturated rings. The van der Waals surface area contributed by atoms with E-state index in [9.17, 15) is 14.4 Å². The summed E-state index contributed by atoms with van der Waals surface area (Å²) in [5.41, 5.74) is 3.02. The number of ether oxygens (including phenoxy) is 1. The highest BCUT2D eigenvalue weighted by Gasteiger charge is 2.14. The van der Waals surface area contributed by atoms with Gasteiger partial charge in [0.1, 0.15) is 5.75 Å². The van der Waals surface area contributed by atoms with Crippen LogP contribution in [0.2, 0.25) is 5.02 Å². The third-order valence-corrected chi connectivity index (χ3v) is 3.28. The lowest BCUT2D eigenvalue weighted by atomic mass is 10.2. The molecule has 2 aromatic rings. The van der Waals surface area contributed by atoms with E-state index >= 15 is 0 Å². The second-order valence-corrected chi connectivity index (χ2v) is 5.29. The Kier molecular flexibility index (Phi) is 6.69. The van der Waals surface area contributed by atoms with Gasteiger partial charge in [-0.05, 0) is 42.0 Å². The molecular formula is C17H14ClN3O5. The quantitative estimate of drug-likeness (QED) is 0.405. The van der Waals surface area contributed by atoms with Crippen LogP contribution in [0, 0.1) is 0 Å². The third kappa shape index (κ3) is 5.91. The number of halogens is 1. The van der Waals surface area contributed by atoms with Gasteiger partial charge >= 0.3 is 17.8 Å². The van der Waals surface area contributed by atoms with E-state index in [-0.39, 0.29) is 0 Å². The summed E-state index contributed by atoms with van der Waals surface area (Å²) in [5, 5.41) is 14.9. The van der Waals surface area contributed by atoms with Crippen molar-refractivity contribution in [1.29, 1.82) is 0 Å². The second-order valence-electron chi connectivity index (χ2n) is 4.88. The number of hydrogen-bond acceptors (Lipinski definition) is 5. The molecule has 26 heavy (non-hydrogen) atoms. The van der Waals surface area contributed by atoms with Crippen molar-refractivity contribution < 1.29 is 24.2 Å². The molecule has 0 aliphatic carbocycles. The van der Waals surface area contributed by atoms with Crippen LogP contribution in [0.1, 0.15) is 5.56 Å². The molecule has 0 saturated heterocycles. The minimum absolute atomic E-state index is 0.308. The van der Waals surface area contributed by atoms with Crippen LogP contribution < -0.4 is 15.5 Å². The van der Waals surface area contributed by atoms with E-state index in [1.807, 2.05) is 0 Å². The maximum Gasteiger partial charge on any atom is 0.341 e. The molecule has 0 heterocycles. The monoisotopic (exact) mass is 375 g/mol. The van der Waals surface area contributed by atoms with Gasteiger partial charge in [-0.2, -0.15) is 5.10 Å². The highest BCUT2D eigenvalue weighted by Crippen LogP contribution is 2.20. The number of nitrogens with one attached hydrogen (secondary N) is 2. The number of aliphatic carboxylic acids is 1. The van der Waals surface area contributed by atoms with E-state index in [2.05, 4.69) is 15.8 Å². The van der Waals surface area contributed by atoms with Crippen LogP contribution in [0.4, 0.5) is 5.69 Å². The van der Waals surface area contributed by atoms with Crippen LogP contribution in [0.15, 0.2) is 53.6 Å². The number of rotatable bonds is 6. The summed E-state index contributed by atoms with van der Waals surface area (Å²) in [7, 11) is 0. The first-order chi connectivity index (χ1) is 12.5. The topological polar surface area (TPSA) is 117 Å². The third-order valence-electron chi connectivity index (χ3n) is 2.95. The van der Waals surface area contributed by atoms with Crippen molar-refractivity contribution >= 4 is 41.3 Å². The zero-order valence-corrected chi connectivity index (χ0v) is 14.1. The van der Waals surface area contributed by atoms with Gasteiger partial charge in [0.2, 0.25) is 0 Å². The van der Waals surface area contributed by atoms with Crippen LogP contribution in [-0.4, -0.2) is 35.7 Å². The summed E-state index contributed by atoms with van der Waals surface area (Å²) in [5.74, 6) is -2.56. The minimum Gasteiger partial charge on any atom is -0.482 e. The number of carbonyl (C=O) groups is 3. The van der Waals surface area contributed by atoms with Crippen molar-refractivity contribution in [2.24, 2.45) is 5.10 Å². The summed E-state index contributed by atoms with van der Waals surface area (Å²) in [6, 6.07) is 12.8. The molecule has 0 unspecified atom stereocenters. The number of para-hydroxylation sites is 1. The van der Waals surface area contributed by atoms with Crippen molar-refractivity contribution in [2.45, 2.75) is 0 Å². The predicted molar refractivity (Wildman–Crippen MR) is 95.4 cm³/mol. The maximum absolute atomic E-state index is 11.8. The maximum atomic E-state index is 11.8. The standard InChI is InChI=1S/C17H14ClN3O5/c18-13-3-1-2-4-14(13)20-16(24)17(25)21-19-9-11-5-7-12(8-6-11)26-10-15(22)23/h1-9H,10H2,(H,20,24)(H,21,25)(H,22,23)/b19-9+. The lowest BCUT2D eigenvalue weighted by Crippen LogP contribution is -2.32. The highest BCUT2D eigenvalue weighted by atomic mass is 35.5. The van der Waals surface area contributed by atoms with Crippen molar-refractivity contribution in [3.05, 3.63) is 59.1 Å². The van der Waals surface area contributed by atoms with Crippen LogP contribution in [0.5, 0.6) is 5.75 Å². The Balaban J connectivity index is 1.85. The fraction of sp³-hybridized carbons (Fsp3) is 0.0588. The molecule has 0 radical (unpaired) electrons. The molecular weight excluding hydrogens is 362 g/mol. The first kappa shape index (κ1) is 18.9. The number of carboxylic acid groups (broad SMARTS) is 1. The first-order valence-electron chi connectivity index (χ1n) is 7.29. The Bertz CT molecular complexity index is 837. The van der Waals surface area contributed by atoms with Crippen molar-refractivity contribution in [2.75, 3.05) is 11.9 Å². The van der Waals surface area contributed by atoms with Crippen LogP contribution >= 0.6 is 11.6 Å². The normalized spacial score (nSPS) is 10.3. The molecule has 0 aliphatic rings.